The Bertz CT molecular complexity index is 887. The third kappa shape index (κ3) is 4.34. The molecule has 0 bridgehead atoms. The van der Waals surface area contributed by atoms with Crippen molar-refractivity contribution in [3.05, 3.63) is 58.6 Å². The molecule has 0 aliphatic rings. The maximum absolute atomic E-state index is 12.3. The first kappa shape index (κ1) is 17.8. The third-order valence-electron chi connectivity index (χ3n) is 3.28. The molecule has 0 aliphatic carbocycles. The van der Waals surface area contributed by atoms with Crippen molar-refractivity contribution in [2.45, 2.75) is 17.4 Å². The minimum atomic E-state index is -0.459. The van der Waals surface area contributed by atoms with Crippen molar-refractivity contribution in [2.75, 3.05) is 5.32 Å². The van der Waals surface area contributed by atoms with Crippen molar-refractivity contribution in [3.8, 4) is 11.5 Å². The van der Waals surface area contributed by atoms with Crippen LogP contribution in [0.4, 0.5) is 5.69 Å². The number of benzene rings is 2. The summed E-state index contributed by atoms with van der Waals surface area (Å²) in [5.41, 5.74) is 1.28. The maximum atomic E-state index is 12.3. The normalized spacial score (nSPS) is 12.0. The number of rotatable bonds is 5. The fourth-order valence-electron chi connectivity index (χ4n) is 1.99. The summed E-state index contributed by atoms with van der Waals surface area (Å²) in [6.45, 7) is 1.74. The molecule has 128 valence electrons. The number of hydrogen-bond donors (Lipinski definition) is 1. The summed E-state index contributed by atoms with van der Waals surface area (Å²) in [5.74, 6) is 0.169. The van der Waals surface area contributed by atoms with Crippen molar-refractivity contribution in [3.63, 3.8) is 0 Å². The van der Waals surface area contributed by atoms with E-state index < -0.39 is 5.25 Å². The second kappa shape index (κ2) is 7.91. The monoisotopic (exact) mass is 393 g/mol. The fraction of sp³-hybridized carbons (Fsp3) is 0.118. The van der Waals surface area contributed by atoms with Crippen molar-refractivity contribution in [2.24, 2.45) is 0 Å². The number of hydrogen-bond acceptors (Lipinski definition) is 5. The van der Waals surface area contributed by atoms with Crippen LogP contribution in [0.3, 0.4) is 0 Å². The number of aromatic nitrogens is 2. The lowest BCUT2D eigenvalue weighted by molar-refractivity contribution is -0.115. The molecular formula is C17H13Cl2N3O2S. The molecule has 5 nitrogen and oxygen atoms in total. The fourth-order valence-corrected chi connectivity index (χ4v) is 3.03. The maximum Gasteiger partial charge on any atom is 0.277 e. The van der Waals surface area contributed by atoms with Gasteiger partial charge in [-0.05, 0) is 31.2 Å². The average Bonchev–Trinajstić information content (AvgIpc) is 3.08. The van der Waals surface area contributed by atoms with E-state index in [9.17, 15) is 4.79 Å². The second-order valence-corrected chi connectivity index (χ2v) is 7.17. The molecule has 0 aliphatic heterocycles. The first-order chi connectivity index (χ1) is 12.0. The van der Waals surface area contributed by atoms with Gasteiger partial charge in [-0.3, -0.25) is 4.79 Å². The summed E-state index contributed by atoms with van der Waals surface area (Å²) < 4.78 is 5.60. The highest BCUT2D eigenvalue weighted by Crippen LogP contribution is 2.31. The smallest absolute Gasteiger partial charge is 0.277 e. The van der Waals surface area contributed by atoms with Gasteiger partial charge in [-0.1, -0.05) is 59.2 Å². The highest BCUT2D eigenvalue weighted by molar-refractivity contribution is 8.00. The Morgan fingerprint density at radius 3 is 2.64 bits per heavy atom. The lowest BCUT2D eigenvalue weighted by atomic mass is 10.2. The number of thioether (sulfide) groups is 1. The van der Waals surface area contributed by atoms with Crippen molar-refractivity contribution in [1.29, 1.82) is 0 Å². The van der Waals surface area contributed by atoms with Gasteiger partial charge in [-0.25, -0.2) is 0 Å². The van der Waals surface area contributed by atoms with Gasteiger partial charge < -0.3 is 9.73 Å². The molecule has 25 heavy (non-hydrogen) atoms. The first-order valence-corrected chi connectivity index (χ1v) is 8.98. The highest BCUT2D eigenvalue weighted by atomic mass is 35.5. The molecule has 1 heterocycles. The van der Waals surface area contributed by atoms with Crippen LogP contribution in [-0.2, 0) is 4.79 Å². The van der Waals surface area contributed by atoms with Crippen LogP contribution in [0.1, 0.15) is 6.92 Å². The highest BCUT2D eigenvalue weighted by Gasteiger charge is 2.20. The van der Waals surface area contributed by atoms with Gasteiger partial charge in [0.15, 0.2) is 0 Å². The largest absolute Gasteiger partial charge is 0.411 e. The van der Waals surface area contributed by atoms with Crippen molar-refractivity contribution < 1.29 is 9.21 Å². The molecule has 1 aromatic heterocycles. The van der Waals surface area contributed by atoms with Crippen LogP contribution < -0.4 is 5.32 Å². The Morgan fingerprint density at radius 1 is 1.12 bits per heavy atom. The van der Waals surface area contributed by atoms with Crippen LogP contribution >= 0.6 is 35.0 Å². The minimum Gasteiger partial charge on any atom is -0.411 e. The molecule has 0 radical (unpaired) electrons. The van der Waals surface area contributed by atoms with Crippen LogP contribution in [-0.4, -0.2) is 21.4 Å². The van der Waals surface area contributed by atoms with E-state index >= 15 is 0 Å². The Kier molecular flexibility index (Phi) is 5.63. The summed E-state index contributed by atoms with van der Waals surface area (Å²) in [6, 6.07) is 14.5. The van der Waals surface area contributed by atoms with Gasteiger partial charge >= 0.3 is 0 Å². The first-order valence-electron chi connectivity index (χ1n) is 7.35. The number of carbonyl (C=O) groups excluding carboxylic acids is 1. The Hall–Kier alpha value is -2.02. The van der Waals surface area contributed by atoms with E-state index in [-0.39, 0.29) is 5.91 Å². The summed E-state index contributed by atoms with van der Waals surface area (Å²) >= 11 is 13.2. The van der Waals surface area contributed by atoms with Crippen LogP contribution in [0.5, 0.6) is 0 Å². The van der Waals surface area contributed by atoms with Gasteiger partial charge in [0.25, 0.3) is 5.22 Å². The van der Waals surface area contributed by atoms with Crippen LogP contribution in [0.25, 0.3) is 11.5 Å². The SMILES string of the molecule is C[C@H](Sc1nnc(-c2ccccc2)o1)C(=O)Nc1cccc(Cl)c1Cl. The van der Waals surface area contributed by atoms with Gasteiger partial charge in [0.2, 0.25) is 11.8 Å². The molecule has 1 amide bonds. The summed E-state index contributed by atoms with van der Waals surface area (Å²) in [4.78, 5) is 12.3. The quantitative estimate of drug-likeness (QED) is 0.606. The predicted molar refractivity (Wildman–Crippen MR) is 100 cm³/mol. The van der Waals surface area contributed by atoms with E-state index in [2.05, 4.69) is 15.5 Å². The standard InChI is InChI=1S/C17H13Cl2N3O2S/c1-10(15(23)20-13-9-5-8-12(18)14(13)19)25-17-22-21-16(24-17)11-6-3-2-4-7-11/h2-10H,1H3,(H,20,23)/t10-/m0/s1. The van der Waals surface area contributed by atoms with E-state index in [1.807, 2.05) is 30.3 Å². The molecule has 2 aromatic carbocycles. The third-order valence-corrected chi connectivity index (χ3v) is 5.04. The molecular weight excluding hydrogens is 381 g/mol. The molecule has 1 N–H and O–H groups in total. The predicted octanol–water partition coefficient (Wildman–Crippen LogP) is 5.16. The van der Waals surface area contributed by atoms with Crippen LogP contribution in [0.2, 0.25) is 10.0 Å². The zero-order valence-electron chi connectivity index (χ0n) is 13.1. The van der Waals surface area contributed by atoms with Crippen molar-refractivity contribution >= 4 is 46.6 Å². The number of nitrogens with zero attached hydrogens (tertiary/aromatic N) is 2. The molecule has 0 saturated carbocycles. The second-order valence-electron chi connectivity index (χ2n) is 5.09. The lowest BCUT2D eigenvalue weighted by Crippen LogP contribution is -2.22. The van der Waals surface area contributed by atoms with Crippen LogP contribution in [0.15, 0.2) is 58.2 Å². The number of nitrogens with one attached hydrogen (secondary N) is 1. The molecule has 0 saturated heterocycles. The van der Waals surface area contributed by atoms with E-state index in [4.69, 9.17) is 27.6 Å². The summed E-state index contributed by atoms with van der Waals surface area (Å²) in [5, 5.41) is 11.3. The Morgan fingerprint density at radius 2 is 1.88 bits per heavy atom. The average molecular weight is 394 g/mol. The zero-order chi connectivity index (χ0) is 17.8. The number of carbonyl (C=O) groups is 1. The Balaban J connectivity index is 1.66. The van der Waals surface area contributed by atoms with Crippen LogP contribution in [0, 0.1) is 0 Å². The molecule has 0 unspecified atom stereocenters. The summed E-state index contributed by atoms with van der Waals surface area (Å²) in [7, 11) is 0. The van der Waals surface area contributed by atoms with Gasteiger partial charge in [-0.2, -0.15) is 0 Å². The van der Waals surface area contributed by atoms with Gasteiger partial charge in [0.1, 0.15) is 0 Å². The van der Waals surface area contributed by atoms with E-state index in [1.165, 1.54) is 11.8 Å². The minimum absolute atomic E-state index is 0.242. The number of amides is 1. The molecule has 0 spiro atoms. The molecule has 3 rings (SSSR count). The molecule has 0 fully saturated rings. The van der Waals surface area contributed by atoms with E-state index in [0.717, 1.165) is 5.56 Å². The lowest BCUT2D eigenvalue weighted by Gasteiger charge is -2.11. The molecule has 1 atom stereocenters. The zero-order valence-corrected chi connectivity index (χ0v) is 15.4. The number of halogens is 2. The van der Waals surface area contributed by atoms with Crippen molar-refractivity contribution in [1.82, 2.24) is 10.2 Å². The molecule has 3 aromatic rings. The topological polar surface area (TPSA) is 68.0 Å². The van der Waals surface area contributed by atoms with E-state index in [0.29, 0.717) is 26.8 Å². The van der Waals surface area contributed by atoms with Gasteiger partial charge in [-0.15, -0.1) is 10.2 Å². The van der Waals surface area contributed by atoms with Gasteiger partial charge in [0, 0.05) is 5.56 Å². The number of anilines is 1. The van der Waals surface area contributed by atoms with E-state index in [1.54, 1.807) is 25.1 Å². The summed E-state index contributed by atoms with van der Waals surface area (Å²) in [6.07, 6.45) is 0. The Labute approximate surface area is 158 Å². The van der Waals surface area contributed by atoms with Gasteiger partial charge in [0.05, 0.1) is 21.0 Å². The molecule has 8 heteroatoms.